The highest BCUT2D eigenvalue weighted by Gasteiger charge is 2.23. The summed E-state index contributed by atoms with van der Waals surface area (Å²) < 4.78 is 16.0. The highest BCUT2D eigenvalue weighted by molar-refractivity contribution is 8.22. The summed E-state index contributed by atoms with van der Waals surface area (Å²) in [5.74, 6) is 1.06. The van der Waals surface area contributed by atoms with Gasteiger partial charge in [0.1, 0.15) is 18.5 Å². The smallest absolute Gasteiger partial charge is 0.338 e. The SMILES string of the molecule is COc1ccc(C(=O)OCC2CSC(=S)O2)cc1. The van der Waals surface area contributed by atoms with Gasteiger partial charge >= 0.3 is 5.97 Å². The van der Waals surface area contributed by atoms with Crippen LogP contribution in [0, 0.1) is 0 Å². The lowest BCUT2D eigenvalue weighted by Gasteiger charge is -2.10. The molecule has 2 rings (SSSR count). The second-order valence-electron chi connectivity index (χ2n) is 3.63. The molecular weight excluding hydrogens is 272 g/mol. The number of esters is 1. The number of ether oxygens (including phenoxy) is 3. The first-order chi connectivity index (χ1) is 8.69. The number of carbonyl (C=O) groups is 1. The number of thiocarbonyl (C=S) groups is 1. The van der Waals surface area contributed by atoms with Crippen molar-refractivity contribution in [3.05, 3.63) is 29.8 Å². The second-order valence-corrected chi connectivity index (χ2v) is 5.25. The molecule has 0 aromatic heterocycles. The molecule has 1 aromatic rings. The molecule has 4 nitrogen and oxygen atoms in total. The van der Waals surface area contributed by atoms with Crippen LogP contribution in [0.15, 0.2) is 24.3 Å². The first-order valence-corrected chi connectivity index (χ1v) is 6.73. The highest BCUT2D eigenvalue weighted by atomic mass is 32.2. The minimum absolute atomic E-state index is 0.135. The summed E-state index contributed by atoms with van der Waals surface area (Å²) in [4.78, 5) is 11.7. The second kappa shape index (κ2) is 6.06. The maximum absolute atomic E-state index is 11.7. The summed E-state index contributed by atoms with van der Waals surface area (Å²) in [6.07, 6.45) is -0.135. The number of thioether (sulfide) groups is 1. The van der Waals surface area contributed by atoms with Crippen molar-refractivity contribution >= 4 is 34.3 Å². The summed E-state index contributed by atoms with van der Waals surface area (Å²) >= 11 is 6.34. The van der Waals surface area contributed by atoms with Gasteiger partial charge in [-0.3, -0.25) is 0 Å². The standard InChI is InChI=1S/C12H12O4S2/c1-14-9-4-2-8(3-5-9)11(13)15-6-10-7-18-12(17)16-10/h2-5,10H,6-7H2,1H3. The van der Waals surface area contributed by atoms with Crippen LogP contribution in [0.4, 0.5) is 0 Å². The van der Waals surface area contributed by atoms with Crippen molar-refractivity contribution < 1.29 is 19.0 Å². The molecule has 0 radical (unpaired) electrons. The summed E-state index contributed by atoms with van der Waals surface area (Å²) in [5.41, 5.74) is 0.490. The zero-order chi connectivity index (χ0) is 13.0. The number of methoxy groups -OCH3 is 1. The van der Waals surface area contributed by atoms with Crippen LogP contribution < -0.4 is 4.74 Å². The average Bonchev–Trinajstić information content (AvgIpc) is 2.82. The van der Waals surface area contributed by atoms with E-state index in [0.29, 0.717) is 15.7 Å². The molecule has 1 fully saturated rings. The molecule has 0 spiro atoms. The van der Waals surface area contributed by atoms with E-state index in [1.54, 1.807) is 31.4 Å². The molecule has 18 heavy (non-hydrogen) atoms. The van der Waals surface area contributed by atoms with E-state index in [9.17, 15) is 4.79 Å². The van der Waals surface area contributed by atoms with Crippen LogP contribution in [0.5, 0.6) is 5.75 Å². The van der Waals surface area contributed by atoms with Crippen molar-refractivity contribution in [3.8, 4) is 5.75 Å². The van der Waals surface area contributed by atoms with Gasteiger partial charge in [0.15, 0.2) is 0 Å². The van der Waals surface area contributed by atoms with Crippen LogP contribution in [0.3, 0.4) is 0 Å². The third-order valence-electron chi connectivity index (χ3n) is 2.38. The lowest BCUT2D eigenvalue weighted by molar-refractivity contribution is 0.0352. The van der Waals surface area contributed by atoms with E-state index in [1.165, 1.54) is 11.8 Å². The van der Waals surface area contributed by atoms with Gasteiger partial charge in [0.25, 0.3) is 0 Å². The first kappa shape index (κ1) is 13.2. The third-order valence-corrected chi connectivity index (χ3v) is 3.70. The molecule has 1 saturated heterocycles. The Morgan fingerprint density at radius 3 is 2.78 bits per heavy atom. The van der Waals surface area contributed by atoms with Crippen molar-refractivity contribution in [3.63, 3.8) is 0 Å². The van der Waals surface area contributed by atoms with Crippen LogP contribution in [-0.2, 0) is 9.47 Å². The van der Waals surface area contributed by atoms with Crippen LogP contribution in [0.1, 0.15) is 10.4 Å². The molecule has 0 amide bonds. The molecule has 1 aliphatic heterocycles. The molecule has 0 saturated carbocycles. The number of carbonyl (C=O) groups excluding carboxylic acids is 1. The van der Waals surface area contributed by atoms with Crippen molar-refractivity contribution in [2.24, 2.45) is 0 Å². The summed E-state index contributed by atoms with van der Waals surface area (Å²) in [6.45, 7) is 0.220. The molecule has 6 heteroatoms. The summed E-state index contributed by atoms with van der Waals surface area (Å²) in [5, 5.41) is 0. The van der Waals surface area contributed by atoms with Crippen molar-refractivity contribution in [1.82, 2.24) is 0 Å². The van der Waals surface area contributed by atoms with Crippen LogP contribution in [-0.4, -0.2) is 35.9 Å². The van der Waals surface area contributed by atoms with Crippen molar-refractivity contribution in [2.45, 2.75) is 6.10 Å². The maximum atomic E-state index is 11.7. The maximum Gasteiger partial charge on any atom is 0.338 e. The largest absolute Gasteiger partial charge is 0.497 e. The number of rotatable bonds is 4. The first-order valence-electron chi connectivity index (χ1n) is 5.33. The van der Waals surface area contributed by atoms with Crippen LogP contribution in [0.2, 0.25) is 0 Å². The van der Waals surface area contributed by atoms with Gasteiger partial charge in [-0.25, -0.2) is 4.79 Å². The quantitative estimate of drug-likeness (QED) is 0.624. The molecular formula is C12H12O4S2. The van der Waals surface area contributed by atoms with Gasteiger partial charge in [-0.15, -0.1) is 0 Å². The fraction of sp³-hybridized carbons (Fsp3) is 0.333. The Kier molecular flexibility index (Phi) is 4.43. The van der Waals surface area contributed by atoms with Crippen molar-refractivity contribution in [1.29, 1.82) is 0 Å². The van der Waals surface area contributed by atoms with Crippen molar-refractivity contribution in [2.75, 3.05) is 19.5 Å². The topological polar surface area (TPSA) is 44.8 Å². The molecule has 1 heterocycles. The molecule has 1 atom stereocenters. The zero-order valence-electron chi connectivity index (χ0n) is 9.75. The number of benzene rings is 1. The van der Waals surface area contributed by atoms with Gasteiger partial charge in [-0.1, -0.05) is 11.8 Å². The Bertz CT molecular complexity index is 444. The normalized spacial score (nSPS) is 18.3. The number of hydrogen-bond acceptors (Lipinski definition) is 6. The van der Waals surface area contributed by atoms with E-state index in [1.807, 2.05) is 0 Å². The Balaban J connectivity index is 1.85. The van der Waals surface area contributed by atoms with Gasteiger partial charge < -0.3 is 14.2 Å². The molecule has 1 aliphatic rings. The van der Waals surface area contributed by atoms with Gasteiger partial charge in [-0.05, 0) is 36.5 Å². The molecule has 0 bridgehead atoms. The predicted octanol–water partition coefficient (Wildman–Crippen LogP) is 2.27. The van der Waals surface area contributed by atoms with E-state index in [2.05, 4.69) is 0 Å². The van der Waals surface area contributed by atoms with Gasteiger partial charge in [-0.2, -0.15) is 0 Å². The fourth-order valence-electron chi connectivity index (χ4n) is 1.43. The average molecular weight is 284 g/mol. The number of hydrogen-bond donors (Lipinski definition) is 0. The zero-order valence-corrected chi connectivity index (χ0v) is 11.4. The van der Waals surface area contributed by atoms with Gasteiger partial charge in [0.2, 0.25) is 4.38 Å². The molecule has 96 valence electrons. The van der Waals surface area contributed by atoms with Gasteiger partial charge in [0.05, 0.1) is 12.7 Å². The third kappa shape index (κ3) is 3.36. The Morgan fingerprint density at radius 2 is 2.22 bits per heavy atom. The molecule has 1 unspecified atom stereocenters. The van der Waals surface area contributed by atoms with Gasteiger partial charge in [0, 0.05) is 5.75 Å². The summed E-state index contributed by atoms with van der Waals surface area (Å²) in [7, 11) is 1.57. The summed E-state index contributed by atoms with van der Waals surface area (Å²) in [6, 6.07) is 6.76. The minimum Gasteiger partial charge on any atom is -0.497 e. The lowest BCUT2D eigenvalue weighted by atomic mass is 10.2. The van der Waals surface area contributed by atoms with E-state index >= 15 is 0 Å². The monoisotopic (exact) mass is 284 g/mol. The van der Waals surface area contributed by atoms with E-state index < -0.39 is 0 Å². The highest BCUT2D eigenvalue weighted by Crippen LogP contribution is 2.20. The van der Waals surface area contributed by atoms with E-state index in [4.69, 9.17) is 26.4 Å². The molecule has 1 aromatic carbocycles. The molecule has 0 N–H and O–H groups in total. The lowest BCUT2D eigenvalue weighted by Crippen LogP contribution is -2.20. The van der Waals surface area contributed by atoms with Crippen LogP contribution >= 0.6 is 24.0 Å². The molecule has 0 aliphatic carbocycles. The minimum atomic E-state index is -0.371. The Labute approximate surface area is 115 Å². The Morgan fingerprint density at radius 1 is 1.50 bits per heavy atom. The fourth-order valence-corrected chi connectivity index (χ4v) is 2.46. The predicted molar refractivity (Wildman–Crippen MR) is 73.2 cm³/mol. The Hall–Kier alpha value is -1.27. The van der Waals surface area contributed by atoms with E-state index in [-0.39, 0.29) is 18.7 Å². The van der Waals surface area contributed by atoms with E-state index in [0.717, 1.165) is 5.75 Å². The van der Waals surface area contributed by atoms with Crippen LogP contribution in [0.25, 0.3) is 0 Å².